The molecule has 0 bridgehead atoms. The molecule has 6 aromatic carbocycles. The van der Waals surface area contributed by atoms with Gasteiger partial charge in [0.05, 0.1) is 0 Å². The lowest BCUT2D eigenvalue weighted by Crippen LogP contribution is -2.27. The Bertz CT molecular complexity index is 2690. The Labute approximate surface area is 443 Å². The van der Waals surface area contributed by atoms with Gasteiger partial charge in [-0.25, -0.2) is 14.4 Å². The van der Waals surface area contributed by atoms with Gasteiger partial charge in [-0.05, 0) is 200 Å². The highest BCUT2D eigenvalue weighted by Gasteiger charge is 2.24. The molecule has 6 aromatic rings. The SMILES string of the molecule is CCc1ccc(CCC(CC(Oc2ccc(OCC(=O)OC(C)(C)C)cc2)c2ccc(COc3ccc(OCC(=O)OC(C)(C)C)cc3)cc2)c2ccc(COc3ccc(OCC(=O)OC(C)(C)C)cc3)cc2)cc1. The first-order chi connectivity index (χ1) is 35.6. The van der Waals surface area contributed by atoms with Gasteiger partial charge in [0, 0.05) is 0 Å². The largest absolute Gasteiger partial charge is 0.489 e. The summed E-state index contributed by atoms with van der Waals surface area (Å²) in [5, 5.41) is 0. The fourth-order valence-corrected chi connectivity index (χ4v) is 7.84. The van der Waals surface area contributed by atoms with Crippen molar-refractivity contribution < 1.29 is 57.0 Å². The molecule has 0 amide bonds. The normalized spacial score (nSPS) is 12.4. The summed E-state index contributed by atoms with van der Waals surface area (Å²) in [7, 11) is 0. The lowest BCUT2D eigenvalue weighted by molar-refractivity contribution is -0.158. The molecule has 0 saturated carbocycles. The molecule has 6 rings (SSSR count). The van der Waals surface area contributed by atoms with Crippen LogP contribution < -0.4 is 28.4 Å². The van der Waals surface area contributed by atoms with Crippen molar-refractivity contribution in [2.45, 2.75) is 137 Å². The summed E-state index contributed by atoms with van der Waals surface area (Å²) in [5.74, 6) is 2.37. The van der Waals surface area contributed by atoms with Crippen LogP contribution in [0.5, 0.6) is 34.5 Å². The van der Waals surface area contributed by atoms with Gasteiger partial charge in [-0.15, -0.1) is 0 Å². The molecule has 398 valence electrons. The molecule has 12 nitrogen and oxygen atoms in total. The third-order valence-electron chi connectivity index (χ3n) is 11.4. The van der Waals surface area contributed by atoms with E-state index in [9.17, 15) is 14.4 Å². The Morgan fingerprint density at radius 3 is 1.07 bits per heavy atom. The van der Waals surface area contributed by atoms with E-state index in [0.29, 0.717) is 54.1 Å². The van der Waals surface area contributed by atoms with Crippen molar-refractivity contribution in [1.82, 2.24) is 0 Å². The van der Waals surface area contributed by atoms with Gasteiger partial charge in [-0.2, -0.15) is 0 Å². The second-order valence-electron chi connectivity index (χ2n) is 21.3. The summed E-state index contributed by atoms with van der Waals surface area (Å²) in [6.45, 7) is 18.7. The van der Waals surface area contributed by atoms with Crippen LogP contribution in [0.3, 0.4) is 0 Å². The second-order valence-corrected chi connectivity index (χ2v) is 21.3. The number of hydrogen-bond donors (Lipinski definition) is 0. The second kappa shape index (κ2) is 26.7. The molecule has 0 aliphatic heterocycles. The van der Waals surface area contributed by atoms with Crippen LogP contribution in [-0.2, 0) is 54.6 Å². The van der Waals surface area contributed by atoms with E-state index in [1.54, 1.807) is 36.4 Å². The van der Waals surface area contributed by atoms with Gasteiger partial charge in [-0.1, -0.05) is 79.7 Å². The summed E-state index contributed by atoms with van der Waals surface area (Å²) >= 11 is 0. The molecule has 0 aromatic heterocycles. The van der Waals surface area contributed by atoms with Crippen LogP contribution in [0.1, 0.15) is 127 Å². The molecule has 0 radical (unpaired) electrons. The van der Waals surface area contributed by atoms with Crippen LogP contribution in [-0.4, -0.2) is 54.5 Å². The molecular weight excluding hydrogens is 949 g/mol. The number of carbonyl (C=O) groups is 3. The first-order valence-corrected chi connectivity index (χ1v) is 25.7. The van der Waals surface area contributed by atoms with Gasteiger partial charge in [0.15, 0.2) is 19.8 Å². The zero-order chi connectivity index (χ0) is 54.0. The molecule has 0 N–H and O–H groups in total. The van der Waals surface area contributed by atoms with E-state index in [1.807, 2.05) is 98.7 Å². The van der Waals surface area contributed by atoms with E-state index >= 15 is 0 Å². The Kier molecular flexibility index (Phi) is 20.2. The maximum absolute atomic E-state index is 12.4. The van der Waals surface area contributed by atoms with Crippen molar-refractivity contribution >= 4 is 17.9 Å². The Hall–Kier alpha value is -7.47. The molecule has 12 heteroatoms. The van der Waals surface area contributed by atoms with Gasteiger partial charge in [0.25, 0.3) is 0 Å². The van der Waals surface area contributed by atoms with Crippen LogP contribution in [0.4, 0.5) is 0 Å². The molecule has 0 aliphatic carbocycles. The highest BCUT2D eigenvalue weighted by molar-refractivity contribution is 5.72. The quantitative estimate of drug-likeness (QED) is 0.0399. The number of ether oxygens (including phenoxy) is 9. The lowest BCUT2D eigenvalue weighted by atomic mass is 9.85. The number of hydrogen-bond acceptors (Lipinski definition) is 12. The molecule has 0 aliphatic rings. The molecule has 2 unspecified atom stereocenters. The molecule has 0 heterocycles. The van der Waals surface area contributed by atoms with E-state index in [2.05, 4.69) is 79.7 Å². The third kappa shape index (κ3) is 20.8. The van der Waals surface area contributed by atoms with Crippen LogP contribution in [0.2, 0.25) is 0 Å². The van der Waals surface area contributed by atoms with E-state index < -0.39 is 34.7 Å². The number of esters is 3. The predicted octanol–water partition coefficient (Wildman–Crippen LogP) is 13.5. The fourth-order valence-electron chi connectivity index (χ4n) is 7.84. The van der Waals surface area contributed by atoms with Gasteiger partial charge in [0.1, 0.15) is 70.6 Å². The monoisotopic (exact) mass is 1020 g/mol. The van der Waals surface area contributed by atoms with E-state index in [0.717, 1.165) is 36.0 Å². The topological polar surface area (TPSA) is 134 Å². The Balaban J connectivity index is 1.17. The van der Waals surface area contributed by atoms with E-state index in [1.165, 1.54) is 16.7 Å². The summed E-state index contributed by atoms with van der Waals surface area (Å²) in [5.41, 5.74) is 4.97. The maximum atomic E-state index is 12.4. The summed E-state index contributed by atoms with van der Waals surface area (Å²) in [4.78, 5) is 36.6. The zero-order valence-electron chi connectivity index (χ0n) is 45.3. The third-order valence-corrected chi connectivity index (χ3v) is 11.4. The average molecular weight is 1020 g/mol. The van der Waals surface area contributed by atoms with Crippen molar-refractivity contribution in [1.29, 1.82) is 0 Å². The number of carbonyl (C=O) groups excluding carboxylic acids is 3. The van der Waals surface area contributed by atoms with Crippen molar-refractivity contribution in [3.63, 3.8) is 0 Å². The van der Waals surface area contributed by atoms with Gasteiger partial charge in [0.2, 0.25) is 0 Å². The predicted molar refractivity (Wildman–Crippen MR) is 290 cm³/mol. The molecule has 0 spiro atoms. The Morgan fingerprint density at radius 1 is 0.387 bits per heavy atom. The minimum absolute atomic E-state index is 0.0968. The van der Waals surface area contributed by atoms with Gasteiger partial charge in [-0.3, -0.25) is 0 Å². The van der Waals surface area contributed by atoms with Crippen LogP contribution >= 0.6 is 0 Å². The lowest BCUT2D eigenvalue weighted by Gasteiger charge is -2.26. The van der Waals surface area contributed by atoms with Crippen molar-refractivity contribution in [3.8, 4) is 34.5 Å². The minimum atomic E-state index is -0.612. The average Bonchev–Trinajstić information content (AvgIpc) is 3.36. The number of rotatable bonds is 25. The highest BCUT2D eigenvalue weighted by Crippen LogP contribution is 2.36. The van der Waals surface area contributed by atoms with Crippen molar-refractivity contribution in [3.05, 3.63) is 179 Å². The standard InChI is InChI=1S/C63H74O12/c1-11-44-12-14-45(15-13-44)16-25-50(48-21-17-46(18-22-48)39-67-51-26-30-53(31-27-51)69-41-58(64)73-61(2,3)4)38-57(72-56-36-34-55(35-37-56)71-43-60(66)75-63(8,9)10)49-23-19-47(20-24-49)40-68-52-28-32-54(33-29-52)70-42-59(65)74-62(5,6)7/h12-15,17-24,26-37,50,57H,11,16,25,38-43H2,1-10H3. The molecule has 0 fully saturated rings. The van der Waals surface area contributed by atoms with Gasteiger partial charge < -0.3 is 42.6 Å². The first kappa shape index (κ1) is 56.8. The first-order valence-electron chi connectivity index (χ1n) is 25.7. The summed E-state index contributed by atoms with van der Waals surface area (Å²) in [6.07, 6.45) is 3.04. The Morgan fingerprint density at radius 2 is 0.707 bits per heavy atom. The molecule has 0 saturated heterocycles. The number of benzene rings is 6. The zero-order valence-corrected chi connectivity index (χ0v) is 45.3. The molecular formula is C63H74O12. The summed E-state index contributed by atoms with van der Waals surface area (Å²) in [6, 6.07) is 47.4. The van der Waals surface area contributed by atoms with E-state index in [4.69, 9.17) is 42.6 Å². The van der Waals surface area contributed by atoms with Crippen LogP contribution in [0.25, 0.3) is 0 Å². The van der Waals surface area contributed by atoms with Crippen molar-refractivity contribution in [2.24, 2.45) is 0 Å². The van der Waals surface area contributed by atoms with Gasteiger partial charge >= 0.3 is 17.9 Å². The van der Waals surface area contributed by atoms with Crippen LogP contribution in [0, 0.1) is 0 Å². The van der Waals surface area contributed by atoms with Crippen molar-refractivity contribution in [2.75, 3.05) is 19.8 Å². The van der Waals surface area contributed by atoms with Crippen LogP contribution in [0.15, 0.2) is 146 Å². The number of aryl methyl sites for hydroxylation is 2. The minimum Gasteiger partial charge on any atom is -0.489 e. The molecule has 75 heavy (non-hydrogen) atoms. The van der Waals surface area contributed by atoms with E-state index in [-0.39, 0.29) is 31.8 Å². The fraction of sp³-hybridized carbons (Fsp3) is 0.381. The summed E-state index contributed by atoms with van der Waals surface area (Å²) < 4.78 is 52.3. The molecule has 2 atom stereocenters. The maximum Gasteiger partial charge on any atom is 0.344 e. The highest BCUT2D eigenvalue weighted by atomic mass is 16.6. The smallest absolute Gasteiger partial charge is 0.344 e.